The van der Waals surface area contributed by atoms with Crippen LogP contribution in [0.2, 0.25) is 0 Å². The van der Waals surface area contributed by atoms with E-state index in [1.165, 1.54) is 0 Å². The maximum absolute atomic E-state index is 9.03. The van der Waals surface area contributed by atoms with Gasteiger partial charge in [0.1, 0.15) is 22.4 Å². The average Bonchev–Trinajstić information content (AvgIpc) is 2.83. The molecule has 0 aliphatic heterocycles. The van der Waals surface area contributed by atoms with Crippen molar-refractivity contribution in [3.8, 4) is 6.07 Å². The number of aromatic nitrogens is 2. The van der Waals surface area contributed by atoms with E-state index < -0.39 is 0 Å². The summed E-state index contributed by atoms with van der Waals surface area (Å²) in [6.45, 7) is 1.84. The quantitative estimate of drug-likeness (QED) is 0.764. The molecule has 0 unspecified atom stereocenters. The first-order chi connectivity index (χ1) is 7.72. The van der Waals surface area contributed by atoms with Gasteiger partial charge in [0.15, 0.2) is 0 Å². The summed E-state index contributed by atoms with van der Waals surface area (Å²) in [6, 6.07) is 5.96. The Morgan fingerprint density at radius 2 is 2.44 bits per heavy atom. The molecule has 0 atom stereocenters. The fourth-order valence-corrected chi connectivity index (χ4v) is 2.47. The highest BCUT2D eigenvalue weighted by Crippen LogP contribution is 2.27. The second-order valence-electron chi connectivity index (χ2n) is 3.37. The van der Waals surface area contributed by atoms with Crippen LogP contribution in [0.3, 0.4) is 0 Å². The molecule has 2 rings (SSSR count). The maximum Gasteiger partial charge on any atom is 0.114 e. The minimum atomic E-state index is 0.652. The van der Waals surface area contributed by atoms with Gasteiger partial charge < -0.3 is 4.42 Å². The van der Waals surface area contributed by atoms with Crippen molar-refractivity contribution in [1.29, 1.82) is 5.26 Å². The molecule has 0 aliphatic carbocycles. The predicted molar refractivity (Wildman–Crippen MR) is 60.9 cm³/mol. The van der Waals surface area contributed by atoms with E-state index in [9.17, 15) is 0 Å². The molecule has 4 nitrogen and oxygen atoms in total. The standard InChI is InChI=1S/C11H11N3OS/c1-8-10(6-12)11(14(2)13-8)16-7-9-4-3-5-15-9/h3-5H,7H2,1-2H3. The van der Waals surface area contributed by atoms with Crippen LogP contribution in [0.5, 0.6) is 0 Å². The minimum absolute atomic E-state index is 0.652. The zero-order valence-electron chi connectivity index (χ0n) is 9.10. The van der Waals surface area contributed by atoms with Crippen molar-refractivity contribution in [1.82, 2.24) is 9.78 Å². The van der Waals surface area contributed by atoms with Crippen LogP contribution in [0.25, 0.3) is 0 Å². The number of hydrogen-bond acceptors (Lipinski definition) is 4. The van der Waals surface area contributed by atoms with E-state index in [0.29, 0.717) is 11.3 Å². The number of furan rings is 1. The number of nitriles is 1. The smallest absolute Gasteiger partial charge is 0.114 e. The van der Waals surface area contributed by atoms with Gasteiger partial charge in [-0.25, -0.2) is 0 Å². The molecule has 0 saturated carbocycles. The zero-order chi connectivity index (χ0) is 11.5. The maximum atomic E-state index is 9.03. The lowest BCUT2D eigenvalue weighted by Crippen LogP contribution is -1.93. The number of nitrogens with zero attached hydrogens (tertiary/aromatic N) is 3. The van der Waals surface area contributed by atoms with Crippen LogP contribution < -0.4 is 0 Å². The van der Waals surface area contributed by atoms with Crippen molar-refractivity contribution in [2.75, 3.05) is 0 Å². The van der Waals surface area contributed by atoms with E-state index in [1.807, 2.05) is 26.1 Å². The van der Waals surface area contributed by atoms with Gasteiger partial charge in [-0.05, 0) is 19.1 Å². The molecule has 0 bridgehead atoms. The molecular formula is C11H11N3OS. The number of rotatable bonds is 3. The van der Waals surface area contributed by atoms with Gasteiger partial charge >= 0.3 is 0 Å². The van der Waals surface area contributed by atoms with Gasteiger partial charge in [-0.1, -0.05) is 11.8 Å². The summed E-state index contributed by atoms with van der Waals surface area (Å²) >= 11 is 1.56. The van der Waals surface area contributed by atoms with Gasteiger partial charge in [0.2, 0.25) is 0 Å². The number of thioether (sulfide) groups is 1. The fraction of sp³-hybridized carbons (Fsp3) is 0.273. The average molecular weight is 233 g/mol. The van der Waals surface area contributed by atoms with Gasteiger partial charge in [0.05, 0.1) is 17.7 Å². The highest BCUT2D eigenvalue weighted by Gasteiger charge is 2.13. The monoisotopic (exact) mass is 233 g/mol. The van der Waals surface area contributed by atoms with Gasteiger partial charge in [-0.2, -0.15) is 10.4 Å². The molecule has 0 aliphatic rings. The first kappa shape index (κ1) is 10.8. The minimum Gasteiger partial charge on any atom is -0.468 e. The molecule has 16 heavy (non-hydrogen) atoms. The van der Waals surface area contributed by atoms with Gasteiger partial charge in [-0.15, -0.1) is 0 Å². The summed E-state index contributed by atoms with van der Waals surface area (Å²) in [5.74, 6) is 1.61. The Labute approximate surface area is 97.9 Å². The second-order valence-corrected chi connectivity index (χ2v) is 4.33. The Morgan fingerprint density at radius 3 is 3.06 bits per heavy atom. The summed E-state index contributed by atoms with van der Waals surface area (Å²) in [5.41, 5.74) is 1.42. The highest BCUT2D eigenvalue weighted by atomic mass is 32.2. The van der Waals surface area contributed by atoms with E-state index >= 15 is 0 Å². The van der Waals surface area contributed by atoms with Crippen molar-refractivity contribution in [3.63, 3.8) is 0 Å². The Balaban J connectivity index is 2.19. The lowest BCUT2D eigenvalue weighted by Gasteiger charge is -2.00. The Hall–Kier alpha value is -1.67. The zero-order valence-corrected chi connectivity index (χ0v) is 9.91. The third kappa shape index (κ3) is 1.97. The van der Waals surface area contributed by atoms with E-state index in [-0.39, 0.29) is 0 Å². The number of aryl methyl sites for hydroxylation is 2. The van der Waals surface area contributed by atoms with Crippen LogP contribution in [0.15, 0.2) is 27.8 Å². The van der Waals surface area contributed by atoms with Crippen LogP contribution in [-0.4, -0.2) is 9.78 Å². The number of hydrogen-bond donors (Lipinski definition) is 0. The summed E-state index contributed by atoms with van der Waals surface area (Å²) in [5, 5.41) is 14.1. The lowest BCUT2D eigenvalue weighted by atomic mass is 10.3. The molecule has 2 heterocycles. The second kappa shape index (κ2) is 4.45. The van der Waals surface area contributed by atoms with Crippen LogP contribution in [0.4, 0.5) is 0 Å². The lowest BCUT2D eigenvalue weighted by molar-refractivity contribution is 0.530. The molecule has 2 aromatic rings. The molecule has 0 saturated heterocycles. The van der Waals surface area contributed by atoms with Gasteiger partial charge in [0.25, 0.3) is 0 Å². The van der Waals surface area contributed by atoms with Crippen LogP contribution in [-0.2, 0) is 12.8 Å². The van der Waals surface area contributed by atoms with Gasteiger partial charge in [0, 0.05) is 7.05 Å². The SMILES string of the molecule is Cc1nn(C)c(SCc2ccco2)c1C#N. The third-order valence-electron chi connectivity index (χ3n) is 2.21. The first-order valence-electron chi connectivity index (χ1n) is 4.81. The van der Waals surface area contributed by atoms with Gasteiger partial charge in [-0.3, -0.25) is 4.68 Å². The molecule has 0 N–H and O–H groups in total. The van der Waals surface area contributed by atoms with E-state index in [2.05, 4.69) is 11.2 Å². The normalized spacial score (nSPS) is 10.3. The predicted octanol–water partition coefficient (Wildman–Crippen LogP) is 2.49. The molecular weight excluding hydrogens is 222 g/mol. The Kier molecular flexibility index (Phi) is 3.02. The Bertz CT molecular complexity index is 522. The molecule has 0 fully saturated rings. The third-order valence-corrected chi connectivity index (χ3v) is 3.38. The molecule has 0 amide bonds. The topological polar surface area (TPSA) is 54.8 Å². The van der Waals surface area contributed by atoms with Crippen molar-refractivity contribution in [3.05, 3.63) is 35.4 Å². The molecule has 0 aromatic carbocycles. The van der Waals surface area contributed by atoms with Crippen molar-refractivity contribution < 1.29 is 4.42 Å². The van der Waals surface area contributed by atoms with Crippen molar-refractivity contribution >= 4 is 11.8 Å². The summed E-state index contributed by atoms with van der Waals surface area (Å²) in [6.07, 6.45) is 1.65. The summed E-state index contributed by atoms with van der Waals surface area (Å²) in [4.78, 5) is 0. The Morgan fingerprint density at radius 1 is 1.62 bits per heavy atom. The molecule has 0 spiro atoms. The first-order valence-corrected chi connectivity index (χ1v) is 5.80. The molecule has 2 aromatic heterocycles. The molecule has 82 valence electrons. The van der Waals surface area contributed by atoms with Crippen LogP contribution in [0.1, 0.15) is 17.0 Å². The largest absolute Gasteiger partial charge is 0.468 e. The van der Waals surface area contributed by atoms with Crippen LogP contribution >= 0.6 is 11.8 Å². The van der Waals surface area contributed by atoms with Crippen molar-refractivity contribution in [2.45, 2.75) is 17.7 Å². The fourth-order valence-electron chi connectivity index (χ4n) is 1.47. The van der Waals surface area contributed by atoms with Crippen LogP contribution in [0, 0.1) is 18.3 Å². The van der Waals surface area contributed by atoms with E-state index in [0.717, 1.165) is 16.5 Å². The highest BCUT2D eigenvalue weighted by molar-refractivity contribution is 7.98. The molecule has 5 heteroatoms. The van der Waals surface area contributed by atoms with E-state index in [4.69, 9.17) is 9.68 Å². The van der Waals surface area contributed by atoms with Crippen molar-refractivity contribution in [2.24, 2.45) is 7.05 Å². The molecule has 0 radical (unpaired) electrons. The van der Waals surface area contributed by atoms with E-state index in [1.54, 1.807) is 22.7 Å². The summed E-state index contributed by atoms with van der Waals surface area (Å²) < 4.78 is 6.98. The summed E-state index contributed by atoms with van der Waals surface area (Å²) in [7, 11) is 1.85.